The van der Waals surface area contributed by atoms with Crippen LogP contribution in [0.3, 0.4) is 0 Å². The molecule has 7 heteroatoms. The average molecular weight is 492 g/mol. The second kappa shape index (κ2) is 12.6. The van der Waals surface area contributed by atoms with Gasteiger partial charge >= 0.3 is 0 Å². The fourth-order valence-electron chi connectivity index (χ4n) is 3.21. The van der Waals surface area contributed by atoms with Crippen molar-refractivity contribution in [2.24, 2.45) is 4.99 Å². The third-order valence-corrected chi connectivity index (χ3v) is 6.35. The number of hydrogen-bond donors (Lipinski definition) is 2. The smallest absolute Gasteiger partial charge is 0.191 e. The summed E-state index contributed by atoms with van der Waals surface area (Å²) in [5, 5.41) is 7.21. The topological polar surface area (TPSA) is 66.4 Å². The van der Waals surface area contributed by atoms with Gasteiger partial charge in [-0.1, -0.05) is 19.4 Å². The molecule has 1 aromatic heterocycles. The summed E-state index contributed by atoms with van der Waals surface area (Å²) in [4.78, 5) is 9.04. The maximum absolute atomic E-state index is 12.1. The van der Waals surface area contributed by atoms with Gasteiger partial charge in [-0.05, 0) is 51.2 Å². The van der Waals surface area contributed by atoms with Crippen molar-refractivity contribution in [3.8, 4) is 0 Å². The molecule has 3 atom stereocenters. The molecule has 0 amide bonds. The molecule has 0 aliphatic heterocycles. The molecule has 1 fully saturated rings. The lowest BCUT2D eigenvalue weighted by Gasteiger charge is -2.30. The van der Waals surface area contributed by atoms with E-state index in [2.05, 4.69) is 28.6 Å². The van der Waals surface area contributed by atoms with Gasteiger partial charge in [0.15, 0.2) is 5.96 Å². The lowest BCUT2D eigenvalue weighted by molar-refractivity contribution is 0.413. The Morgan fingerprint density at radius 3 is 2.81 bits per heavy atom. The number of pyridine rings is 1. The number of halogens is 1. The summed E-state index contributed by atoms with van der Waals surface area (Å²) in [6.07, 6.45) is 7.15. The highest BCUT2D eigenvalue weighted by molar-refractivity contribution is 14.0. The van der Waals surface area contributed by atoms with Crippen LogP contribution in [-0.2, 0) is 17.2 Å². The molecule has 0 aromatic carbocycles. The molecule has 0 radical (unpaired) electrons. The van der Waals surface area contributed by atoms with E-state index in [1.807, 2.05) is 26.1 Å². The van der Waals surface area contributed by atoms with Crippen LogP contribution in [0, 0.1) is 6.92 Å². The van der Waals surface area contributed by atoms with E-state index in [0.717, 1.165) is 62.6 Å². The van der Waals surface area contributed by atoms with Crippen molar-refractivity contribution in [2.45, 2.75) is 64.2 Å². The summed E-state index contributed by atoms with van der Waals surface area (Å²) in [6, 6.07) is 4.52. The Balaban J connectivity index is 0.00000338. The van der Waals surface area contributed by atoms with Gasteiger partial charge in [-0.25, -0.2) is 0 Å². The van der Waals surface area contributed by atoms with Crippen molar-refractivity contribution in [1.29, 1.82) is 0 Å². The van der Waals surface area contributed by atoms with Gasteiger partial charge in [-0.2, -0.15) is 0 Å². The Morgan fingerprint density at radius 1 is 1.35 bits per heavy atom. The number of aryl methyl sites for hydroxylation is 1. The first-order chi connectivity index (χ1) is 12.1. The predicted octanol–water partition coefficient (Wildman–Crippen LogP) is 3.19. The zero-order valence-corrected chi connectivity index (χ0v) is 19.3. The zero-order valence-electron chi connectivity index (χ0n) is 16.2. The van der Waals surface area contributed by atoms with E-state index in [4.69, 9.17) is 4.99 Å². The van der Waals surface area contributed by atoms with Gasteiger partial charge in [-0.3, -0.25) is 14.2 Å². The van der Waals surface area contributed by atoms with Crippen LogP contribution in [-0.4, -0.2) is 45.3 Å². The van der Waals surface area contributed by atoms with Crippen LogP contribution in [0.15, 0.2) is 23.3 Å². The molecule has 148 valence electrons. The van der Waals surface area contributed by atoms with Gasteiger partial charge < -0.3 is 10.6 Å². The molecule has 0 spiro atoms. The second-order valence-electron chi connectivity index (χ2n) is 6.62. The van der Waals surface area contributed by atoms with Crippen LogP contribution < -0.4 is 10.6 Å². The zero-order chi connectivity index (χ0) is 18.1. The lowest BCUT2D eigenvalue weighted by Crippen LogP contribution is -2.46. The molecular weight excluding hydrogens is 459 g/mol. The van der Waals surface area contributed by atoms with E-state index >= 15 is 0 Å². The van der Waals surface area contributed by atoms with E-state index in [1.165, 1.54) is 5.56 Å². The molecule has 0 saturated heterocycles. The van der Waals surface area contributed by atoms with E-state index < -0.39 is 10.8 Å². The number of nitrogens with one attached hydrogen (secondary N) is 2. The lowest BCUT2D eigenvalue weighted by atomic mass is 9.95. The molecule has 1 aromatic rings. The van der Waals surface area contributed by atoms with Gasteiger partial charge in [-0.15, -0.1) is 24.0 Å². The van der Waals surface area contributed by atoms with Gasteiger partial charge in [0.25, 0.3) is 0 Å². The molecule has 1 heterocycles. The van der Waals surface area contributed by atoms with Crippen molar-refractivity contribution in [1.82, 2.24) is 15.6 Å². The molecule has 1 saturated carbocycles. The van der Waals surface area contributed by atoms with Gasteiger partial charge in [0, 0.05) is 52.8 Å². The molecular formula is C19H33IN4OS. The van der Waals surface area contributed by atoms with Crippen molar-refractivity contribution in [3.63, 3.8) is 0 Å². The standard InChI is InChI=1S/C19H32N4OS.HI/c1-4-20-19(21-12-11-16-10-9-15(3)22-14-16)23-17-7-6-8-18(13-17)25(24)5-2;/h9-10,14,17-18H,4-8,11-13H2,1-3H3,(H2,20,21,23);1H. The highest BCUT2D eigenvalue weighted by atomic mass is 127. The summed E-state index contributed by atoms with van der Waals surface area (Å²) in [5.74, 6) is 1.63. The second-order valence-corrected chi connectivity index (χ2v) is 8.62. The summed E-state index contributed by atoms with van der Waals surface area (Å²) >= 11 is 0. The minimum absolute atomic E-state index is 0. The maximum Gasteiger partial charge on any atom is 0.191 e. The summed E-state index contributed by atoms with van der Waals surface area (Å²) in [6.45, 7) is 7.67. The van der Waals surface area contributed by atoms with E-state index in [1.54, 1.807) is 0 Å². The van der Waals surface area contributed by atoms with Crippen LogP contribution in [0.5, 0.6) is 0 Å². The SMILES string of the molecule is CCNC(=NCCc1ccc(C)nc1)NC1CCCC(S(=O)CC)C1.I. The number of aromatic nitrogens is 1. The molecule has 26 heavy (non-hydrogen) atoms. The van der Waals surface area contributed by atoms with Crippen LogP contribution in [0.1, 0.15) is 50.8 Å². The monoisotopic (exact) mass is 492 g/mol. The van der Waals surface area contributed by atoms with Gasteiger partial charge in [0.05, 0.1) is 0 Å². The van der Waals surface area contributed by atoms with Crippen LogP contribution >= 0.6 is 24.0 Å². The van der Waals surface area contributed by atoms with Crippen LogP contribution in [0.4, 0.5) is 0 Å². The first-order valence-electron chi connectivity index (χ1n) is 9.46. The summed E-state index contributed by atoms with van der Waals surface area (Å²) in [7, 11) is -0.692. The average Bonchev–Trinajstić information content (AvgIpc) is 2.63. The Bertz CT molecular complexity index is 579. The normalized spacial score (nSPS) is 21.6. The van der Waals surface area contributed by atoms with Crippen LogP contribution in [0.2, 0.25) is 0 Å². The first kappa shape index (κ1) is 23.3. The minimum Gasteiger partial charge on any atom is -0.357 e. The van der Waals surface area contributed by atoms with Gasteiger partial charge in [0.2, 0.25) is 0 Å². The third kappa shape index (κ3) is 7.90. The Hall–Kier alpha value is -0.700. The van der Waals surface area contributed by atoms with E-state index in [-0.39, 0.29) is 24.0 Å². The van der Waals surface area contributed by atoms with Crippen molar-refractivity contribution < 1.29 is 4.21 Å². The largest absolute Gasteiger partial charge is 0.357 e. The van der Waals surface area contributed by atoms with Crippen molar-refractivity contribution in [3.05, 3.63) is 29.6 Å². The van der Waals surface area contributed by atoms with Gasteiger partial charge in [0.1, 0.15) is 0 Å². The highest BCUT2D eigenvalue weighted by Gasteiger charge is 2.25. The Kier molecular flexibility index (Phi) is 11.4. The fourth-order valence-corrected chi connectivity index (χ4v) is 4.55. The predicted molar refractivity (Wildman–Crippen MR) is 122 cm³/mol. The molecule has 3 unspecified atom stereocenters. The molecule has 1 aliphatic rings. The molecule has 0 bridgehead atoms. The van der Waals surface area contributed by atoms with E-state index in [9.17, 15) is 4.21 Å². The number of guanidine groups is 1. The number of rotatable bonds is 7. The molecule has 2 rings (SSSR count). The molecule has 5 nitrogen and oxygen atoms in total. The number of nitrogens with zero attached hydrogens (tertiary/aromatic N) is 2. The van der Waals surface area contributed by atoms with Crippen molar-refractivity contribution in [2.75, 3.05) is 18.8 Å². The maximum atomic E-state index is 12.1. The minimum atomic E-state index is -0.692. The van der Waals surface area contributed by atoms with Crippen molar-refractivity contribution >= 4 is 40.7 Å². The quantitative estimate of drug-likeness (QED) is 0.349. The third-order valence-electron chi connectivity index (χ3n) is 4.61. The molecule has 2 N–H and O–H groups in total. The first-order valence-corrected chi connectivity index (χ1v) is 10.8. The number of hydrogen-bond acceptors (Lipinski definition) is 3. The summed E-state index contributed by atoms with van der Waals surface area (Å²) in [5.41, 5.74) is 2.25. The molecule has 1 aliphatic carbocycles. The Labute approximate surface area is 177 Å². The van der Waals surface area contributed by atoms with E-state index in [0.29, 0.717) is 11.3 Å². The summed E-state index contributed by atoms with van der Waals surface area (Å²) < 4.78 is 12.1. The fraction of sp³-hybridized carbons (Fsp3) is 0.684. The van der Waals surface area contributed by atoms with Crippen LogP contribution in [0.25, 0.3) is 0 Å². The Morgan fingerprint density at radius 2 is 2.15 bits per heavy atom. The highest BCUT2D eigenvalue weighted by Crippen LogP contribution is 2.22. The number of aliphatic imine (C=N–C) groups is 1.